The van der Waals surface area contributed by atoms with Crippen LogP contribution in [0.3, 0.4) is 0 Å². The second-order valence-electron chi connectivity index (χ2n) is 5.32. The first-order chi connectivity index (χ1) is 12.6. The topological polar surface area (TPSA) is 75.6 Å². The molecule has 1 saturated heterocycles. The highest BCUT2D eigenvalue weighted by molar-refractivity contribution is 9.10. The van der Waals surface area contributed by atoms with Gasteiger partial charge in [0.15, 0.2) is 11.5 Å². The summed E-state index contributed by atoms with van der Waals surface area (Å²) in [6, 6.07) is 7.09. The van der Waals surface area contributed by atoms with Crippen molar-refractivity contribution >= 4 is 44.9 Å². The molecule has 0 spiro atoms. The largest absolute Gasteiger partial charge is 0.504 e. The third-order valence-electron chi connectivity index (χ3n) is 3.40. The molecule has 2 aromatic rings. The van der Waals surface area contributed by atoms with Crippen LogP contribution in [0, 0.1) is 0 Å². The molecular weight excluding hydrogens is 451 g/mol. The maximum atomic E-state index is 12.7. The second-order valence-corrected chi connectivity index (χ2v) is 7.19. The Hall–Kier alpha value is -2.46. The third-order valence-corrected chi connectivity index (χ3v) is 4.83. The number of phenols is 1. The van der Waals surface area contributed by atoms with Crippen LogP contribution in [0.2, 0.25) is 0 Å². The van der Waals surface area contributed by atoms with Gasteiger partial charge in [0.05, 0.1) is 14.9 Å². The van der Waals surface area contributed by atoms with Crippen molar-refractivity contribution in [3.63, 3.8) is 0 Å². The van der Waals surface area contributed by atoms with Crippen molar-refractivity contribution in [2.75, 3.05) is 0 Å². The summed E-state index contributed by atoms with van der Waals surface area (Å²) in [5, 5.41) is 11.7. The van der Waals surface area contributed by atoms with Crippen LogP contribution >= 0.6 is 27.7 Å². The minimum atomic E-state index is -4.48. The molecule has 2 aromatic carbocycles. The highest BCUT2D eigenvalue weighted by Crippen LogP contribution is 2.39. The molecule has 3 rings (SSSR count). The van der Waals surface area contributed by atoms with Crippen LogP contribution in [-0.2, 0) is 11.0 Å². The van der Waals surface area contributed by atoms with Crippen LogP contribution < -0.4 is 10.1 Å². The van der Waals surface area contributed by atoms with E-state index in [0.717, 1.165) is 30.0 Å². The number of alkyl halides is 3. The molecule has 0 saturated carbocycles. The Bertz CT molecular complexity index is 975. The van der Waals surface area contributed by atoms with Crippen LogP contribution in [0.5, 0.6) is 17.2 Å². The number of nitrogens with one attached hydrogen (secondary N) is 1. The van der Waals surface area contributed by atoms with E-state index in [2.05, 4.69) is 21.2 Å². The van der Waals surface area contributed by atoms with Gasteiger partial charge in [-0.25, -0.2) is 0 Å². The number of thioether (sulfide) groups is 1. The molecule has 140 valence electrons. The highest BCUT2D eigenvalue weighted by Gasteiger charge is 2.31. The number of imide groups is 1. The molecule has 10 heteroatoms. The summed E-state index contributed by atoms with van der Waals surface area (Å²) < 4.78 is 43.6. The lowest BCUT2D eigenvalue weighted by Crippen LogP contribution is -2.17. The fourth-order valence-corrected chi connectivity index (χ4v) is 3.30. The van der Waals surface area contributed by atoms with E-state index in [-0.39, 0.29) is 26.6 Å². The van der Waals surface area contributed by atoms with Gasteiger partial charge in [-0.1, -0.05) is 6.07 Å². The Morgan fingerprint density at radius 2 is 1.81 bits per heavy atom. The predicted octanol–water partition coefficient (Wildman–Crippen LogP) is 5.29. The summed E-state index contributed by atoms with van der Waals surface area (Å²) in [4.78, 5) is 22.8. The average Bonchev–Trinajstić information content (AvgIpc) is 2.88. The van der Waals surface area contributed by atoms with Crippen molar-refractivity contribution in [1.29, 1.82) is 0 Å². The van der Waals surface area contributed by atoms with E-state index in [0.29, 0.717) is 5.56 Å². The minimum absolute atomic E-state index is 0.0113. The Labute approximate surface area is 163 Å². The Morgan fingerprint density at radius 1 is 1.11 bits per heavy atom. The molecule has 0 aliphatic carbocycles. The first-order valence-corrected chi connectivity index (χ1v) is 8.87. The number of carbonyl (C=O) groups excluding carboxylic acids is 2. The van der Waals surface area contributed by atoms with Crippen LogP contribution in [0.4, 0.5) is 18.0 Å². The average molecular weight is 460 g/mol. The van der Waals surface area contributed by atoms with Gasteiger partial charge in [0.2, 0.25) is 0 Å². The summed E-state index contributed by atoms with van der Waals surface area (Å²) in [7, 11) is 0. The molecule has 5 nitrogen and oxygen atoms in total. The lowest BCUT2D eigenvalue weighted by Gasteiger charge is -2.12. The Morgan fingerprint density at radius 3 is 2.37 bits per heavy atom. The highest BCUT2D eigenvalue weighted by atomic mass is 79.9. The first-order valence-electron chi connectivity index (χ1n) is 7.26. The fourth-order valence-electron chi connectivity index (χ4n) is 2.16. The summed E-state index contributed by atoms with van der Waals surface area (Å²) in [5.74, 6) is -0.720. The lowest BCUT2D eigenvalue weighted by atomic mass is 10.2. The van der Waals surface area contributed by atoms with Gasteiger partial charge >= 0.3 is 6.18 Å². The molecule has 2 amide bonds. The van der Waals surface area contributed by atoms with Crippen molar-refractivity contribution in [2.24, 2.45) is 0 Å². The smallest absolute Gasteiger partial charge is 0.416 e. The number of aromatic hydroxyl groups is 1. The number of carbonyl (C=O) groups is 2. The van der Waals surface area contributed by atoms with Gasteiger partial charge in [-0.05, 0) is 69.7 Å². The predicted molar refractivity (Wildman–Crippen MR) is 96.4 cm³/mol. The van der Waals surface area contributed by atoms with Crippen LogP contribution in [0.15, 0.2) is 45.8 Å². The van der Waals surface area contributed by atoms with E-state index in [1.807, 2.05) is 0 Å². The van der Waals surface area contributed by atoms with Crippen LogP contribution in [0.1, 0.15) is 11.1 Å². The third kappa shape index (κ3) is 4.45. The normalized spacial score (nSPS) is 15.9. The van der Waals surface area contributed by atoms with Crippen molar-refractivity contribution in [2.45, 2.75) is 6.18 Å². The van der Waals surface area contributed by atoms with Gasteiger partial charge in [-0.2, -0.15) is 13.2 Å². The summed E-state index contributed by atoms with van der Waals surface area (Å²) in [5.41, 5.74) is -0.395. The monoisotopic (exact) mass is 459 g/mol. The van der Waals surface area contributed by atoms with E-state index >= 15 is 0 Å². The second kappa shape index (κ2) is 7.28. The molecule has 1 aliphatic rings. The minimum Gasteiger partial charge on any atom is -0.504 e. The zero-order valence-electron chi connectivity index (χ0n) is 13.1. The summed E-state index contributed by atoms with van der Waals surface area (Å²) >= 11 is 3.75. The molecule has 27 heavy (non-hydrogen) atoms. The van der Waals surface area contributed by atoms with E-state index in [1.165, 1.54) is 24.3 Å². The maximum Gasteiger partial charge on any atom is 0.416 e. The van der Waals surface area contributed by atoms with Gasteiger partial charge in [0.1, 0.15) is 5.75 Å². The van der Waals surface area contributed by atoms with Gasteiger partial charge in [0, 0.05) is 0 Å². The first kappa shape index (κ1) is 19.3. The zero-order valence-corrected chi connectivity index (χ0v) is 15.5. The van der Waals surface area contributed by atoms with E-state index < -0.39 is 22.9 Å². The Kier molecular flexibility index (Phi) is 5.20. The molecule has 2 N–H and O–H groups in total. The number of ether oxygens (including phenoxy) is 1. The number of rotatable bonds is 3. The number of halogens is 4. The van der Waals surface area contributed by atoms with Crippen LogP contribution in [0.25, 0.3) is 6.08 Å². The SMILES string of the molecule is O=C1NC(=O)/C(=C/c2ccc(Oc3ccc(C(F)(F)F)cc3Br)c(O)c2)S1. The Balaban J connectivity index is 1.82. The van der Waals surface area contributed by atoms with Gasteiger partial charge in [-0.15, -0.1) is 0 Å². The lowest BCUT2D eigenvalue weighted by molar-refractivity contribution is -0.137. The van der Waals surface area contributed by atoms with E-state index in [9.17, 15) is 27.9 Å². The molecule has 0 unspecified atom stereocenters. The van der Waals surface area contributed by atoms with Crippen molar-refractivity contribution in [3.8, 4) is 17.2 Å². The molecule has 0 bridgehead atoms. The van der Waals surface area contributed by atoms with Gasteiger partial charge in [-0.3, -0.25) is 14.9 Å². The molecule has 1 heterocycles. The molecular formula is C17H9BrF3NO4S. The molecule has 0 radical (unpaired) electrons. The number of phenolic OH excluding ortho intramolecular Hbond substituents is 1. The van der Waals surface area contributed by atoms with Crippen molar-refractivity contribution in [3.05, 3.63) is 56.9 Å². The molecule has 0 aromatic heterocycles. The maximum absolute atomic E-state index is 12.7. The standard InChI is InChI=1S/C17H9BrF3NO4S/c18-10-7-9(17(19,20)21)2-4-12(10)26-13-3-1-8(5-11(13)23)6-14-15(24)22-16(25)27-14/h1-7,23H,(H,22,24,25)/b14-6-. The molecule has 1 aliphatic heterocycles. The quantitative estimate of drug-likeness (QED) is 0.609. The summed E-state index contributed by atoms with van der Waals surface area (Å²) in [6.07, 6.45) is -3.06. The summed E-state index contributed by atoms with van der Waals surface area (Å²) in [6.45, 7) is 0. The van der Waals surface area contributed by atoms with Crippen molar-refractivity contribution in [1.82, 2.24) is 5.32 Å². The molecule has 1 fully saturated rings. The fraction of sp³-hybridized carbons (Fsp3) is 0.0588. The van der Waals surface area contributed by atoms with Crippen molar-refractivity contribution < 1.29 is 32.6 Å². The number of hydrogen-bond donors (Lipinski definition) is 2. The van der Waals surface area contributed by atoms with Gasteiger partial charge < -0.3 is 9.84 Å². The van der Waals surface area contributed by atoms with E-state index in [4.69, 9.17) is 4.74 Å². The number of hydrogen-bond acceptors (Lipinski definition) is 5. The number of benzene rings is 2. The zero-order chi connectivity index (χ0) is 19.8. The van der Waals surface area contributed by atoms with Gasteiger partial charge in [0.25, 0.3) is 11.1 Å². The van der Waals surface area contributed by atoms with E-state index in [1.54, 1.807) is 0 Å². The molecule has 0 atom stereocenters. The number of amides is 2. The van der Waals surface area contributed by atoms with Crippen LogP contribution in [-0.4, -0.2) is 16.3 Å².